The first kappa shape index (κ1) is 21.8. The van der Waals surface area contributed by atoms with Crippen LogP contribution in [0.2, 0.25) is 5.02 Å². The van der Waals surface area contributed by atoms with Gasteiger partial charge in [-0.05, 0) is 42.2 Å². The third kappa shape index (κ3) is 6.30. The molecule has 7 heteroatoms. The van der Waals surface area contributed by atoms with Crippen molar-refractivity contribution in [1.29, 1.82) is 0 Å². The van der Waals surface area contributed by atoms with Crippen molar-refractivity contribution in [2.45, 2.75) is 32.7 Å². The minimum atomic E-state index is -0.919. The lowest BCUT2D eigenvalue weighted by atomic mass is 9.96. The molecule has 28 heavy (non-hydrogen) atoms. The lowest BCUT2D eigenvalue weighted by Gasteiger charge is -2.23. The normalized spacial score (nSPS) is 11.9. The Morgan fingerprint density at radius 3 is 2.36 bits per heavy atom. The zero-order chi connectivity index (χ0) is 20.7. The van der Waals surface area contributed by atoms with E-state index in [1.807, 2.05) is 26.0 Å². The van der Waals surface area contributed by atoms with E-state index in [4.69, 9.17) is 11.6 Å². The molecule has 2 rings (SSSR count). The van der Waals surface area contributed by atoms with E-state index in [0.29, 0.717) is 17.5 Å². The molecule has 0 spiro atoms. The van der Waals surface area contributed by atoms with Gasteiger partial charge in [0.15, 0.2) is 0 Å². The first-order chi connectivity index (χ1) is 13.3. The van der Waals surface area contributed by atoms with Crippen LogP contribution in [-0.2, 0) is 4.79 Å². The van der Waals surface area contributed by atoms with Crippen LogP contribution in [0.25, 0.3) is 0 Å². The minimum absolute atomic E-state index is 0.143. The summed E-state index contributed by atoms with van der Waals surface area (Å²) >= 11 is 5.91. The SMILES string of the molecule is CC(C)C(NC(=O)CCCNC(=O)c1ccc(F)cc1F)c1ccc(Cl)cc1. The van der Waals surface area contributed by atoms with Crippen molar-refractivity contribution in [2.75, 3.05) is 6.54 Å². The highest BCUT2D eigenvalue weighted by atomic mass is 35.5. The van der Waals surface area contributed by atoms with Crippen molar-refractivity contribution in [3.63, 3.8) is 0 Å². The molecule has 2 amide bonds. The third-order valence-electron chi connectivity index (χ3n) is 4.25. The van der Waals surface area contributed by atoms with Gasteiger partial charge in [0.1, 0.15) is 11.6 Å². The molecular weight excluding hydrogens is 386 g/mol. The Kier molecular flexibility index (Phi) is 7.93. The van der Waals surface area contributed by atoms with Crippen LogP contribution in [0.15, 0.2) is 42.5 Å². The Bertz CT molecular complexity index is 826. The van der Waals surface area contributed by atoms with Crippen LogP contribution in [0.1, 0.15) is 48.7 Å². The van der Waals surface area contributed by atoms with Crippen LogP contribution < -0.4 is 10.6 Å². The molecule has 1 unspecified atom stereocenters. The average Bonchev–Trinajstić information content (AvgIpc) is 2.63. The highest BCUT2D eigenvalue weighted by molar-refractivity contribution is 6.30. The molecule has 0 heterocycles. The van der Waals surface area contributed by atoms with Gasteiger partial charge in [-0.25, -0.2) is 8.78 Å². The van der Waals surface area contributed by atoms with Gasteiger partial charge in [0.2, 0.25) is 5.91 Å². The van der Waals surface area contributed by atoms with Crippen LogP contribution in [0.3, 0.4) is 0 Å². The molecular formula is C21H23ClF2N2O2. The summed E-state index contributed by atoms with van der Waals surface area (Å²) in [5.41, 5.74) is 0.737. The van der Waals surface area contributed by atoms with Gasteiger partial charge in [-0.15, -0.1) is 0 Å². The molecule has 0 aliphatic rings. The van der Waals surface area contributed by atoms with Gasteiger partial charge in [0.05, 0.1) is 11.6 Å². The van der Waals surface area contributed by atoms with E-state index in [2.05, 4.69) is 10.6 Å². The largest absolute Gasteiger partial charge is 0.352 e. The summed E-state index contributed by atoms with van der Waals surface area (Å²) in [5.74, 6) is -2.26. The van der Waals surface area contributed by atoms with Crippen molar-refractivity contribution in [2.24, 2.45) is 5.92 Å². The number of benzene rings is 2. The quantitative estimate of drug-likeness (QED) is 0.625. The van der Waals surface area contributed by atoms with E-state index in [1.165, 1.54) is 0 Å². The highest BCUT2D eigenvalue weighted by Crippen LogP contribution is 2.23. The predicted molar refractivity (Wildman–Crippen MR) is 105 cm³/mol. The Hall–Kier alpha value is -2.47. The van der Waals surface area contributed by atoms with Crippen molar-refractivity contribution in [1.82, 2.24) is 10.6 Å². The van der Waals surface area contributed by atoms with Crippen LogP contribution in [0.4, 0.5) is 8.78 Å². The van der Waals surface area contributed by atoms with E-state index in [1.54, 1.807) is 12.1 Å². The fourth-order valence-corrected chi connectivity index (χ4v) is 2.90. The fourth-order valence-electron chi connectivity index (χ4n) is 2.77. The van der Waals surface area contributed by atoms with Gasteiger partial charge in [0.25, 0.3) is 5.91 Å². The number of hydrogen-bond donors (Lipinski definition) is 2. The fraction of sp³-hybridized carbons (Fsp3) is 0.333. The molecule has 1 atom stereocenters. The second-order valence-corrected chi connectivity index (χ2v) is 7.26. The van der Waals surface area contributed by atoms with E-state index >= 15 is 0 Å². The van der Waals surface area contributed by atoms with Crippen molar-refractivity contribution >= 4 is 23.4 Å². The Balaban J connectivity index is 1.81. The van der Waals surface area contributed by atoms with Crippen molar-refractivity contribution < 1.29 is 18.4 Å². The predicted octanol–water partition coefficient (Wildman–Crippen LogP) is 4.64. The van der Waals surface area contributed by atoms with Crippen molar-refractivity contribution in [3.05, 3.63) is 70.2 Å². The third-order valence-corrected chi connectivity index (χ3v) is 4.51. The van der Waals surface area contributed by atoms with Gasteiger partial charge >= 0.3 is 0 Å². The van der Waals surface area contributed by atoms with Crippen LogP contribution in [0, 0.1) is 17.6 Å². The first-order valence-corrected chi connectivity index (χ1v) is 9.44. The molecule has 0 saturated carbocycles. The molecule has 0 bridgehead atoms. The maximum Gasteiger partial charge on any atom is 0.254 e. The standard InChI is InChI=1S/C21H23ClF2N2O2/c1-13(2)20(14-5-7-15(22)8-6-14)26-19(27)4-3-11-25-21(28)17-10-9-16(23)12-18(17)24/h5-10,12-13,20H,3-4,11H2,1-2H3,(H,25,28)(H,26,27). The number of rotatable bonds is 8. The summed E-state index contributed by atoms with van der Waals surface area (Å²) in [6, 6.07) is 9.94. The van der Waals surface area contributed by atoms with Gasteiger partial charge in [-0.3, -0.25) is 9.59 Å². The van der Waals surface area contributed by atoms with Gasteiger partial charge < -0.3 is 10.6 Å². The molecule has 0 radical (unpaired) electrons. The maximum atomic E-state index is 13.6. The van der Waals surface area contributed by atoms with E-state index in [9.17, 15) is 18.4 Å². The van der Waals surface area contributed by atoms with Gasteiger partial charge in [-0.2, -0.15) is 0 Å². The Labute approximate surface area is 168 Å². The van der Waals surface area contributed by atoms with E-state index < -0.39 is 17.5 Å². The number of amides is 2. The number of carbonyl (C=O) groups excluding carboxylic acids is 2. The van der Waals surface area contributed by atoms with Gasteiger partial charge in [0, 0.05) is 24.1 Å². The molecule has 2 aromatic carbocycles. The van der Waals surface area contributed by atoms with E-state index in [0.717, 1.165) is 17.7 Å². The lowest BCUT2D eigenvalue weighted by Crippen LogP contribution is -2.32. The summed E-state index contributed by atoms with van der Waals surface area (Å²) < 4.78 is 26.5. The first-order valence-electron chi connectivity index (χ1n) is 9.06. The second kappa shape index (κ2) is 10.2. The topological polar surface area (TPSA) is 58.2 Å². The monoisotopic (exact) mass is 408 g/mol. The molecule has 0 fully saturated rings. The summed E-state index contributed by atoms with van der Waals surface area (Å²) in [4.78, 5) is 24.2. The number of hydrogen-bond acceptors (Lipinski definition) is 2. The Morgan fingerprint density at radius 2 is 1.75 bits per heavy atom. The van der Waals surface area contributed by atoms with Crippen LogP contribution >= 0.6 is 11.6 Å². The highest BCUT2D eigenvalue weighted by Gasteiger charge is 2.18. The lowest BCUT2D eigenvalue weighted by molar-refractivity contribution is -0.122. The molecule has 0 aliphatic carbocycles. The summed E-state index contributed by atoms with van der Waals surface area (Å²) in [6.45, 7) is 4.23. The Morgan fingerprint density at radius 1 is 1.07 bits per heavy atom. The molecule has 0 aromatic heterocycles. The number of nitrogens with one attached hydrogen (secondary N) is 2. The summed E-state index contributed by atoms with van der Waals surface area (Å²) in [7, 11) is 0. The molecule has 2 aromatic rings. The van der Waals surface area contributed by atoms with Crippen LogP contribution in [-0.4, -0.2) is 18.4 Å². The molecule has 0 aliphatic heterocycles. The number of halogens is 3. The van der Waals surface area contributed by atoms with Crippen molar-refractivity contribution in [3.8, 4) is 0 Å². The minimum Gasteiger partial charge on any atom is -0.352 e. The van der Waals surface area contributed by atoms with Crippen LogP contribution in [0.5, 0.6) is 0 Å². The molecule has 150 valence electrons. The summed E-state index contributed by atoms with van der Waals surface area (Å²) in [6.07, 6.45) is 0.606. The molecule has 0 saturated heterocycles. The van der Waals surface area contributed by atoms with E-state index in [-0.39, 0.29) is 36.4 Å². The average molecular weight is 409 g/mol. The summed E-state index contributed by atoms with van der Waals surface area (Å²) in [5, 5.41) is 6.15. The molecule has 2 N–H and O–H groups in total. The smallest absolute Gasteiger partial charge is 0.254 e. The zero-order valence-corrected chi connectivity index (χ0v) is 16.5. The second-order valence-electron chi connectivity index (χ2n) is 6.82. The molecule has 4 nitrogen and oxygen atoms in total. The maximum absolute atomic E-state index is 13.6. The van der Waals surface area contributed by atoms with Gasteiger partial charge in [-0.1, -0.05) is 37.6 Å². The zero-order valence-electron chi connectivity index (χ0n) is 15.8. The number of carbonyl (C=O) groups is 2.